The summed E-state index contributed by atoms with van der Waals surface area (Å²) in [7, 11) is 12.4. The van der Waals surface area contributed by atoms with Crippen molar-refractivity contribution in [3.63, 3.8) is 0 Å². The summed E-state index contributed by atoms with van der Waals surface area (Å²) >= 11 is 0. The first-order valence-corrected chi connectivity index (χ1v) is 16.4. The Balaban J connectivity index is 1.11. The second-order valence-corrected chi connectivity index (χ2v) is 13.0. The summed E-state index contributed by atoms with van der Waals surface area (Å²) in [6, 6.07) is 21.9. The minimum absolute atomic E-state index is 1.03. The maximum atomic E-state index is 2.34. The minimum atomic E-state index is 1.03. The fourth-order valence-corrected chi connectivity index (χ4v) is 6.34. The predicted molar refractivity (Wildman–Crippen MR) is 180 cm³/mol. The molecule has 2 aromatic carbocycles. The standard InChI is InChI=1S/C34H42N4S2/c1-35-21-17-31(18-22-35)7-5-29-9-13-33(14-10-29)37(3)25-27-39-40-28-26-38(4)34-15-11-30(12-16-34)6-8-32-19-23-36(2)24-20-32/h5-19,21-23H,20,24-28H2,1-4H3/q+2. The van der Waals surface area contributed by atoms with Crippen LogP contribution in [-0.2, 0) is 7.05 Å². The summed E-state index contributed by atoms with van der Waals surface area (Å²) in [6.07, 6.45) is 18.4. The summed E-state index contributed by atoms with van der Waals surface area (Å²) < 4.78 is 4.27. The summed E-state index contributed by atoms with van der Waals surface area (Å²) in [5, 5.41) is 0. The highest BCUT2D eigenvalue weighted by Crippen LogP contribution is 2.24. The first-order chi connectivity index (χ1) is 19.5. The molecular formula is C34H42N4S2+2. The third-order valence-corrected chi connectivity index (χ3v) is 9.39. The number of aryl methyl sites for hydroxylation is 1. The molecule has 0 radical (unpaired) electrons. The SMILES string of the molecule is CN(CCSSCCN(C)c1ccc(/C=C/c2cc[n+](C)cc2)cc1)c1ccc(/C=C/C2=CC=[N+](C)CC2)cc1. The van der Waals surface area contributed by atoms with Gasteiger partial charge in [-0.2, -0.15) is 0 Å². The maximum Gasteiger partial charge on any atom is 0.169 e. The highest BCUT2D eigenvalue weighted by molar-refractivity contribution is 8.76. The van der Waals surface area contributed by atoms with Gasteiger partial charge in [0.2, 0.25) is 0 Å². The van der Waals surface area contributed by atoms with Crippen LogP contribution in [0.1, 0.15) is 23.1 Å². The van der Waals surface area contributed by atoms with E-state index in [2.05, 4.69) is 145 Å². The first-order valence-electron chi connectivity index (χ1n) is 13.9. The topological polar surface area (TPSA) is 13.4 Å². The summed E-state index contributed by atoms with van der Waals surface area (Å²) in [5.74, 6) is 2.20. The van der Waals surface area contributed by atoms with Crippen LogP contribution in [-0.4, -0.2) is 63.1 Å². The lowest BCUT2D eigenvalue weighted by molar-refractivity contribution is -0.671. The maximum absolute atomic E-state index is 2.34. The van der Waals surface area contributed by atoms with Crippen LogP contribution >= 0.6 is 21.6 Å². The summed E-state index contributed by atoms with van der Waals surface area (Å²) in [6.45, 7) is 3.16. The van der Waals surface area contributed by atoms with Crippen LogP contribution in [0.15, 0.2) is 90.8 Å². The van der Waals surface area contributed by atoms with Gasteiger partial charge in [-0.05, 0) is 46.5 Å². The van der Waals surface area contributed by atoms with Crippen LogP contribution in [0, 0.1) is 0 Å². The smallest absolute Gasteiger partial charge is 0.169 e. The molecule has 0 amide bonds. The Morgan fingerprint density at radius 1 is 0.675 bits per heavy atom. The molecule has 4 rings (SSSR count). The Kier molecular flexibility index (Phi) is 11.6. The predicted octanol–water partition coefficient (Wildman–Crippen LogP) is 6.69. The number of pyridine rings is 1. The fraction of sp³-hybridized carbons (Fsp3) is 0.294. The zero-order valence-electron chi connectivity index (χ0n) is 24.2. The molecule has 1 aliphatic heterocycles. The second kappa shape index (κ2) is 15.5. The number of allylic oxidation sites excluding steroid dienone is 2. The highest BCUT2D eigenvalue weighted by atomic mass is 33.1. The molecule has 4 nitrogen and oxygen atoms in total. The molecule has 0 aliphatic carbocycles. The lowest BCUT2D eigenvalue weighted by Gasteiger charge is -2.20. The van der Waals surface area contributed by atoms with E-state index in [0.29, 0.717) is 0 Å². The monoisotopic (exact) mass is 570 g/mol. The Hall–Kier alpha value is -3.22. The molecule has 0 bridgehead atoms. The molecule has 0 saturated carbocycles. The molecule has 40 heavy (non-hydrogen) atoms. The van der Waals surface area contributed by atoms with E-state index in [1.807, 2.05) is 33.2 Å². The molecule has 3 aromatic rings. The third kappa shape index (κ3) is 9.76. The molecule has 2 heterocycles. The molecule has 0 saturated heterocycles. The van der Waals surface area contributed by atoms with E-state index >= 15 is 0 Å². The zero-order chi connectivity index (χ0) is 28.2. The molecule has 0 unspecified atom stereocenters. The van der Waals surface area contributed by atoms with Crippen molar-refractivity contribution < 1.29 is 9.14 Å². The quantitative estimate of drug-likeness (QED) is 0.129. The number of hydrogen-bond donors (Lipinski definition) is 0. The van der Waals surface area contributed by atoms with Crippen LogP contribution in [0.2, 0.25) is 0 Å². The van der Waals surface area contributed by atoms with Gasteiger partial charge in [0, 0.05) is 74.7 Å². The van der Waals surface area contributed by atoms with E-state index in [1.54, 1.807) is 0 Å². The van der Waals surface area contributed by atoms with Crippen LogP contribution in [0.3, 0.4) is 0 Å². The number of hydrogen-bond acceptors (Lipinski definition) is 4. The fourth-order valence-electron chi connectivity index (χ4n) is 4.25. The van der Waals surface area contributed by atoms with Gasteiger partial charge >= 0.3 is 0 Å². The van der Waals surface area contributed by atoms with Gasteiger partial charge < -0.3 is 9.80 Å². The average Bonchev–Trinajstić information content (AvgIpc) is 2.98. The van der Waals surface area contributed by atoms with Crippen LogP contribution < -0.4 is 14.4 Å². The van der Waals surface area contributed by atoms with E-state index < -0.39 is 0 Å². The van der Waals surface area contributed by atoms with Gasteiger partial charge in [0.15, 0.2) is 18.6 Å². The minimum Gasteiger partial charge on any atom is -0.374 e. The molecule has 0 fully saturated rings. The Labute approximate surface area is 248 Å². The Morgan fingerprint density at radius 2 is 1.15 bits per heavy atom. The van der Waals surface area contributed by atoms with Crippen molar-refractivity contribution in [3.05, 3.63) is 107 Å². The van der Waals surface area contributed by atoms with Crippen LogP contribution in [0.5, 0.6) is 0 Å². The average molecular weight is 571 g/mol. The highest BCUT2D eigenvalue weighted by Gasteiger charge is 2.06. The van der Waals surface area contributed by atoms with Crippen molar-refractivity contribution in [2.45, 2.75) is 6.42 Å². The van der Waals surface area contributed by atoms with E-state index in [9.17, 15) is 0 Å². The number of anilines is 2. The van der Waals surface area contributed by atoms with E-state index in [4.69, 9.17) is 0 Å². The van der Waals surface area contributed by atoms with Gasteiger partial charge in [0.05, 0.1) is 0 Å². The third-order valence-electron chi connectivity index (χ3n) is 7.03. The van der Waals surface area contributed by atoms with E-state index in [0.717, 1.165) is 37.6 Å². The normalized spacial score (nSPS) is 13.5. The van der Waals surface area contributed by atoms with Crippen molar-refractivity contribution in [2.24, 2.45) is 7.05 Å². The largest absolute Gasteiger partial charge is 0.374 e. The first kappa shape index (κ1) is 29.8. The van der Waals surface area contributed by atoms with Crippen molar-refractivity contribution >= 4 is 57.4 Å². The number of aromatic nitrogens is 1. The molecule has 0 N–H and O–H groups in total. The van der Waals surface area contributed by atoms with Crippen molar-refractivity contribution in [3.8, 4) is 0 Å². The molecule has 6 heteroatoms. The lowest BCUT2D eigenvalue weighted by Crippen LogP contribution is -2.25. The van der Waals surface area contributed by atoms with Crippen molar-refractivity contribution in [2.75, 3.05) is 62.1 Å². The molecule has 1 aromatic heterocycles. The van der Waals surface area contributed by atoms with Gasteiger partial charge in [-0.25, -0.2) is 9.14 Å². The Bertz CT molecular complexity index is 1320. The number of nitrogens with zero attached hydrogens (tertiary/aromatic N) is 4. The van der Waals surface area contributed by atoms with Gasteiger partial charge in [0.25, 0.3) is 0 Å². The van der Waals surface area contributed by atoms with E-state index in [1.165, 1.54) is 33.6 Å². The second-order valence-electron chi connectivity index (χ2n) is 10.3. The summed E-state index contributed by atoms with van der Waals surface area (Å²) in [4.78, 5) is 4.68. The van der Waals surface area contributed by atoms with Gasteiger partial charge in [0.1, 0.15) is 20.6 Å². The van der Waals surface area contributed by atoms with Crippen LogP contribution in [0.25, 0.3) is 18.2 Å². The van der Waals surface area contributed by atoms with Gasteiger partial charge in [-0.15, -0.1) is 0 Å². The van der Waals surface area contributed by atoms with Crippen molar-refractivity contribution in [1.82, 2.24) is 0 Å². The van der Waals surface area contributed by atoms with Gasteiger partial charge in [-0.3, -0.25) is 0 Å². The van der Waals surface area contributed by atoms with Crippen LogP contribution in [0.4, 0.5) is 11.4 Å². The lowest BCUT2D eigenvalue weighted by atomic mass is 10.1. The van der Waals surface area contributed by atoms with Crippen molar-refractivity contribution in [1.29, 1.82) is 0 Å². The summed E-state index contributed by atoms with van der Waals surface area (Å²) in [5.41, 5.74) is 7.59. The molecule has 208 valence electrons. The Morgan fingerprint density at radius 3 is 1.62 bits per heavy atom. The van der Waals surface area contributed by atoms with E-state index in [-0.39, 0.29) is 0 Å². The molecular weight excluding hydrogens is 529 g/mol. The van der Waals surface area contributed by atoms with Gasteiger partial charge in [-0.1, -0.05) is 70.2 Å². The number of benzene rings is 2. The number of rotatable bonds is 13. The molecule has 0 spiro atoms. The molecule has 0 atom stereocenters. The molecule has 1 aliphatic rings. The zero-order valence-corrected chi connectivity index (χ0v) is 25.9.